The molecule has 0 spiro atoms. The van der Waals surface area contributed by atoms with Crippen molar-refractivity contribution < 1.29 is 18.6 Å². The maximum atomic E-state index is 11.9. The van der Waals surface area contributed by atoms with Crippen molar-refractivity contribution in [1.29, 1.82) is 0 Å². The maximum Gasteiger partial charge on any atom is 0.232 e. The first kappa shape index (κ1) is 17.1. The van der Waals surface area contributed by atoms with Gasteiger partial charge in [0.25, 0.3) is 0 Å². The fourth-order valence-electron chi connectivity index (χ4n) is 2.79. The van der Waals surface area contributed by atoms with Crippen molar-refractivity contribution in [2.24, 2.45) is 0 Å². The highest BCUT2D eigenvalue weighted by Gasteiger charge is 2.17. The number of phenolic OH excluding ortho intramolecular Hbond substituents is 2. The van der Waals surface area contributed by atoms with E-state index in [-0.39, 0.29) is 17.3 Å². The molecular weight excluding hydrogens is 338 g/mol. The van der Waals surface area contributed by atoms with E-state index < -0.39 is 10.0 Å². The third kappa shape index (κ3) is 3.25. The molecule has 3 rings (SSSR count). The summed E-state index contributed by atoms with van der Waals surface area (Å²) in [5, 5.41) is 22.5. The molecule has 0 aliphatic carbocycles. The molecule has 0 saturated heterocycles. The van der Waals surface area contributed by atoms with Gasteiger partial charge in [-0.05, 0) is 48.4 Å². The second-order valence-electron chi connectivity index (χ2n) is 5.87. The monoisotopic (exact) mass is 357 g/mol. The minimum atomic E-state index is -3.45. The van der Waals surface area contributed by atoms with Gasteiger partial charge in [-0.2, -0.15) is 0 Å². The number of aromatic hydroxyl groups is 2. The fourth-order valence-corrected chi connectivity index (χ4v) is 3.49. The van der Waals surface area contributed by atoms with Crippen LogP contribution in [0.2, 0.25) is 0 Å². The van der Waals surface area contributed by atoms with Crippen LogP contribution >= 0.6 is 0 Å². The summed E-state index contributed by atoms with van der Waals surface area (Å²) >= 11 is 0. The normalized spacial score (nSPS) is 11.6. The standard InChI is InChI=1S/C19H19NO4S/c1-3-25(23,24)20-16-11-15(18(22)10-12(16)2)19-14-7-5-4-6-13(14)8-9-17(19)21/h4-11,20-22H,3H2,1-2H3. The molecule has 3 aromatic carbocycles. The average molecular weight is 357 g/mol. The zero-order valence-electron chi connectivity index (χ0n) is 13.9. The lowest BCUT2D eigenvalue weighted by atomic mass is 9.95. The first-order valence-corrected chi connectivity index (χ1v) is 9.53. The molecule has 130 valence electrons. The van der Waals surface area contributed by atoms with E-state index in [2.05, 4.69) is 4.72 Å². The molecule has 0 bridgehead atoms. The Morgan fingerprint density at radius 3 is 2.44 bits per heavy atom. The van der Waals surface area contributed by atoms with Crippen LogP contribution in [-0.4, -0.2) is 24.4 Å². The summed E-state index contributed by atoms with van der Waals surface area (Å²) in [4.78, 5) is 0. The Hall–Kier alpha value is -2.73. The second-order valence-corrected chi connectivity index (χ2v) is 7.88. The molecule has 0 unspecified atom stereocenters. The van der Waals surface area contributed by atoms with E-state index in [1.165, 1.54) is 6.07 Å². The van der Waals surface area contributed by atoms with Crippen LogP contribution < -0.4 is 4.72 Å². The van der Waals surface area contributed by atoms with E-state index >= 15 is 0 Å². The molecule has 0 aromatic heterocycles. The Balaban J connectivity index is 2.27. The third-order valence-corrected chi connectivity index (χ3v) is 5.46. The lowest BCUT2D eigenvalue weighted by molar-refractivity contribution is 0.469. The predicted molar refractivity (Wildman–Crippen MR) is 101 cm³/mol. The van der Waals surface area contributed by atoms with E-state index in [1.807, 2.05) is 24.3 Å². The average Bonchev–Trinajstić information content (AvgIpc) is 2.58. The molecule has 0 saturated carbocycles. The maximum absolute atomic E-state index is 11.9. The van der Waals surface area contributed by atoms with Gasteiger partial charge in [0.15, 0.2) is 0 Å². The van der Waals surface area contributed by atoms with Gasteiger partial charge in [0.05, 0.1) is 11.4 Å². The molecule has 3 N–H and O–H groups in total. The van der Waals surface area contributed by atoms with Gasteiger partial charge >= 0.3 is 0 Å². The van der Waals surface area contributed by atoms with Crippen molar-refractivity contribution in [3.63, 3.8) is 0 Å². The Morgan fingerprint density at radius 2 is 1.72 bits per heavy atom. The van der Waals surface area contributed by atoms with Crippen LogP contribution in [0.1, 0.15) is 12.5 Å². The number of anilines is 1. The molecule has 0 aliphatic rings. The largest absolute Gasteiger partial charge is 0.507 e. The predicted octanol–water partition coefficient (Wildman–Crippen LogP) is 3.99. The van der Waals surface area contributed by atoms with Crippen LogP contribution in [0, 0.1) is 6.92 Å². The van der Waals surface area contributed by atoms with E-state index in [0.717, 1.165) is 10.8 Å². The highest BCUT2D eigenvalue weighted by atomic mass is 32.2. The number of nitrogens with one attached hydrogen (secondary N) is 1. The van der Waals surface area contributed by atoms with Gasteiger partial charge in [-0.15, -0.1) is 0 Å². The number of benzene rings is 3. The molecule has 6 heteroatoms. The Bertz CT molecular complexity index is 1060. The number of sulfonamides is 1. The highest BCUT2D eigenvalue weighted by Crippen LogP contribution is 2.42. The summed E-state index contributed by atoms with van der Waals surface area (Å²) in [6.07, 6.45) is 0. The summed E-state index contributed by atoms with van der Waals surface area (Å²) < 4.78 is 26.3. The summed E-state index contributed by atoms with van der Waals surface area (Å²) in [6, 6.07) is 13.9. The van der Waals surface area contributed by atoms with E-state index in [4.69, 9.17) is 0 Å². The lowest BCUT2D eigenvalue weighted by Crippen LogP contribution is -2.15. The van der Waals surface area contributed by atoms with E-state index in [0.29, 0.717) is 22.4 Å². The van der Waals surface area contributed by atoms with Crippen LogP contribution in [0.3, 0.4) is 0 Å². The number of aryl methyl sites for hydroxylation is 1. The quantitative estimate of drug-likeness (QED) is 0.616. The van der Waals surface area contributed by atoms with Gasteiger partial charge in [0, 0.05) is 11.1 Å². The van der Waals surface area contributed by atoms with E-state index in [1.54, 1.807) is 32.0 Å². The second kappa shape index (κ2) is 6.29. The molecule has 5 nitrogen and oxygen atoms in total. The highest BCUT2D eigenvalue weighted by molar-refractivity contribution is 7.92. The molecule has 0 fully saturated rings. The van der Waals surface area contributed by atoms with Crippen molar-refractivity contribution in [3.8, 4) is 22.6 Å². The number of phenols is 2. The van der Waals surface area contributed by atoms with Gasteiger partial charge < -0.3 is 10.2 Å². The van der Waals surface area contributed by atoms with Crippen molar-refractivity contribution >= 4 is 26.5 Å². The smallest absolute Gasteiger partial charge is 0.232 e. The number of hydrogen-bond acceptors (Lipinski definition) is 4. The minimum absolute atomic E-state index is 0.0159. The molecule has 25 heavy (non-hydrogen) atoms. The number of fused-ring (bicyclic) bond motifs is 1. The van der Waals surface area contributed by atoms with Gasteiger partial charge in [0.2, 0.25) is 10.0 Å². The van der Waals surface area contributed by atoms with Crippen LogP contribution in [0.5, 0.6) is 11.5 Å². The van der Waals surface area contributed by atoms with Gasteiger partial charge in [-0.3, -0.25) is 4.72 Å². The molecule has 0 aliphatic heterocycles. The number of rotatable bonds is 4. The molecule has 3 aromatic rings. The van der Waals surface area contributed by atoms with Crippen LogP contribution in [0.4, 0.5) is 5.69 Å². The first-order chi connectivity index (χ1) is 11.8. The Kier molecular flexibility index (Phi) is 4.30. The lowest BCUT2D eigenvalue weighted by Gasteiger charge is -2.15. The van der Waals surface area contributed by atoms with Crippen molar-refractivity contribution in [2.75, 3.05) is 10.5 Å². The van der Waals surface area contributed by atoms with E-state index in [9.17, 15) is 18.6 Å². The Morgan fingerprint density at radius 1 is 1.00 bits per heavy atom. The van der Waals surface area contributed by atoms with Crippen molar-refractivity contribution in [3.05, 3.63) is 54.1 Å². The van der Waals surface area contributed by atoms with Crippen LogP contribution in [-0.2, 0) is 10.0 Å². The minimum Gasteiger partial charge on any atom is -0.507 e. The summed E-state index contributed by atoms with van der Waals surface area (Å²) in [5.41, 5.74) is 1.81. The zero-order valence-corrected chi connectivity index (χ0v) is 14.8. The first-order valence-electron chi connectivity index (χ1n) is 7.87. The van der Waals surface area contributed by atoms with Crippen LogP contribution in [0.15, 0.2) is 48.5 Å². The summed E-state index contributed by atoms with van der Waals surface area (Å²) in [6.45, 7) is 3.26. The SMILES string of the molecule is CCS(=O)(=O)Nc1cc(-c2c(O)ccc3ccccc23)c(O)cc1C. The molecule has 0 amide bonds. The van der Waals surface area contributed by atoms with Crippen LogP contribution in [0.25, 0.3) is 21.9 Å². The van der Waals surface area contributed by atoms with Crippen molar-refractivity contribution in [1.82, 2.24) is 0 Å². The molecule has 0 radical (unpaired) electrons. The number of hydrogen-bond donors (Lipinski definition) is 3. The zero-order chi connectivity index (χ0) is 18.2. The Labute approximate surface area is 146 Å². The summed E-state index contributed by atoms with van der Waals surface area (Å²) in [7, 11) is -3.45. The van der Waals surface area contributed by atoms with Gasteiger partial charge in [0.1, 0.15) is 11.5 Å². The summed E-state index contributed by atoms with van der Waals surface area (Å²) in [5.74, 6) is -0.0620. The van der Waals surface area contributed by atoms with Gasteiger partial charge in [-0.1, -0.05) is 30.3 Å². The van der Waals surface area contributed by atoms with Crippen molar-refractivity contribution in [2.45, 2.75) is 13.8 Å². The third-order valence-electron chi connectivity index (χ3n) is 4.16. The molecular formula is C19H19NO4S. The topological polar surface area (TPSA) is 86.6 Å². The molecule has 0 heterocycles. The molecule has 0 atom stereocenters. The fraction of sp³-hybridized carbons (Fsp3) is 0.158. The van der Waals surface area contributed by atoms with Gasteiger partial charge in [-0.25, -0.2) is 8.42 Å².